The predicted octanol–water partition coefficient (Wildman–Crippen LogP) is 5.72. The van der Waals surface area contributed by atoms with E-state index in [0.29, 0.717) is 18.4 Å². The summed E-state index contributed by atoms with van der Waals surface area (Å²) in [6.45, 7) is 0.0782. The molecule has 0 unspecified atom stereocenters. The maximum atomic E-state index is 12.6. The Morgan fingerprint density at radius 2 is 1.46 bits per heavy atom. The molecule has 3 aromatic rings. The number of fused-ring (bicyclic) bond motifs is 1. The number of esters is 1. The molecule has 0 aliphatic rings. The third-order valence-corrected chi connectivity index (χ3v) is 5.80. The molecule has 0 bridgehead atoms. The van der Waals surface area contributed by atoms with E-state index in [1.165, 1.54) is 19.2 Å². The standard InChI is InChI=1S/C28H29F3N2O6/c1-37-25(34)24(33-27(36)39-18-20-9-12-21-6-2-3-7-22(21)16-20)8-4-5-15-32-26(35)38-17-19-10-13-23(14-11-19)28(29,30)31/h2-3,6-7,9-14,16,24H,4-5,8,15,17-18H2,1H3,(H,32,35)(H,33,36)/t24-/m0/s1. The first kappa shape index (κ1) is 29.3. The first-order valence-electron chi connectivity index (χ1n) is 12.2. The summed E-state index contributed by atoms with van der Waals surface area (Å²) in [6.07, 6.45) is -4.74. The topological polar surface area (TPSA) is 103 Å². The van der Waals surface area contributed by atoms with Crippen molar-refractivity contribution in [3.63, 3.8) is 0 Å². The number of methoxy groups -OCH3 is 1. The van der Waals surface area contributed by atoms with Crippen LogP contribution < -0.4 is 10.6 Å². The molecule has 0 fully saturated rings. The fourth-order valence-electron chi connectivity index (χ4n) is 3.71. The highest BCUT2D eigenvalue weighted by atomic mass is 19.4. The number of unbranched alkanes of at least 4 members (excludes halogenated alkanes) is 1. The molecule has 0 spiro atoms. The maximum Gasteiger partial charge on any atom is 0.416 e. The van der Waals surface area contributed by atoms with Crippen LogP contribution in [0, 0.1) is 0 Å². The number of alkyl halides is 3. The van der Waals surface area contributed by atoms with Gasteiger partial charge in [-0.2, -0.15) is 13.2 Å². The van der Waals surface area contributed by atoms with Crippen molar-refractivity contribution in [2.24, 2.45) is 0 Å². The monoisotopic (exact) mass is 546 g/mol. The minimum Gasteiger partial charge on any atom is -0.467 e. The third kappa shape index (κ3) is 9.51. The number of rotatable bonds is 11. The van der Waals surface area contributed by atoms with Crippen LogP contribution in [0.4, 0.5) is 22.8 Å². The van der Waals surface area contributed by atoms with Crippen LogP contribution in [-0.4, -0.2) is 37.9 Å². The number of carbonyl (C=O) groups excluding carboxylic acids is 3. The summed E-state index contributed by atoms with van der Waals surface area (Å²) in [4.78, 5) is 36.2. The molecule has 0 heterocycles. The van der Waals surface area contributed by atoms with Gasteiger partial charge in [-0.25, -0.2) is 14.4 Å². The molecule has 0 aliphatic heterocycles. The molecular formula is C28H29F3N2O6. The molecule has 0 radical (unpaired) electrons. The minimum atomic E-state index is -4.43. The van der Waals surface area contributed by atoms with Gasteiger partial charge in [-0.15, -0.1) is 0 Å². The molecule has 3 aromatic carbocycles. The molecule has 0 aliphatic carbocycles. The van der Waals surface area contributed by atoms with Gasteiger partial charge in [0.05, 0.1) is 12.7 Å². The first-order valence-corrected chi connectivity index (χ1v) is 12.2. The van der Waals surface area contributed by atoms with Crippen molar-refractivity contribution in [1.82, 2.24) is 10.6 Å². The Morgan fingerprint density at radius 3 is 2.15 bits per heavy atom. The second kappa shape index (κ2) is 14.0. The van der Waals surface area contributed by atoms with Gasteiger partial charge in [0.25, 0.3) is 0 Å². The summed E-state index contributed by atoms with van der Waals surface area (Å²) in [6, 6.07) is 16.9. The van der Waals surface area contributed by atoms with Gasteiger partial charge in [0.2, 0.25) is 0 Å². The smallest absolute Gasteiger partial charge is 0.416 e. The molecule has 0 saturated heterocycles. The average Bonchev–Trinajstić information content (AvgIpc) is 2.93. The second-order valence-electron chi connectivity index (χ2n) is 8.67. The number of hydrogen-bond donors (Lipinski definition) is 2. The second-order valence-corrected chi connectivity index (χ2v) is 8.67. The van der Waals surface area contributed by atoms with Crippen LogP contribution in [0.15, 0.2) is 66.7 Å². The molecule has 3 rings (SSSR count). The summed E-state index contributed by atoms with van der Waals surface area (Å²) in [7, 11) is 1.21. The lowest BCUT2D eigenvalue weighted by Crippen LogP contribution is -2.41. The highest BCUT2D eigenvalue weighted by molar-refractivity contribution is 5.83. The fourth-order valence-corrected chi connectivity index (χ4v) is 3.71. The van der Waals surface area contributed by atoms with Gasteiger partial charge in [-0.1, -0.05) is 48.5 Å². The van der Waals surface area contributed by atoms with Gasteiger partial charge in [0.15, 0.2) is 0 Å². The number of nitrogens with one attached hydrogen (secondary N) is 2. The number of alkyl carbamates (subject to hydrolysis) is 2. The molecule has 0 saturated carbocycles. The van der Waals surface area contributed by atoms with Crippen molar-refractivity contribution in [2.45, 2.75) is 44.7 Å². The Bertz CT molecular complexity index is 1260. The molecular weight excluding hydrogens is 517 g/mol. The zero-order chi connectivity index (χ0) is 28.3. The summed E-state index contributed by atoms with van der Waals surface area (Å²) in [5.41, 5.74) is 0.432. The van der Waals surface area contributed by atoms with Gasteiger partial charge in [-0.3, -0.25) is 0 Å². The van der Waals surface area contributed by atoms with E-state index < -0.39 is 35.9 Å². The molecule has 8 nitrogen and oxygen atoms in total. The van der Waals surface area contributed by atoms with E-state index in [2.05, 4.69) is 10.6 Å². The quantitative estimate of drug-likeness (QED) is 0.181. The van der Waals surface area contributed by atoms with E-state index in [9.17, 15) is 27.6 Å². The highest BCUT2D eigenvalue weighted by Crippen LogP contribution is 2.29. The lowest BCUT2D eigenvalue weighted by Gasteiger charge is -2.16. The normalized spacial score (nSPS) is 11.9. The fraction of sp³-hybridized carbons (Fsp3) is 0.321. The maximum absolute atomic E-state index is 12.6. The number of benzene rings is 3. The van der Waals surface area contributed by atoms with Gasteiger partial charge in [0.1, 0.15) is 19.3 Å². The largest absolute Gasteiger partial charge is 0.467 e. The van der Waals surface area contributed by atoms with Crippen LogP contribution in [0.2, 0.25) is 0 Å². The zero-order valence-electron chi connectivity index (χ0n) is 21.3. The van der Waals surface area contributed by atoms with Crippen molar-refractivity contribution in [3.8, 4) is 0 Å². The lowest BCUT2D eigenvalue weighted by molar-refractivity contribution is -0.143. The van der Waals surface area contributed by atoms with Crippen LogP contribution in [-0.2, 0) is 38.4 Å². The van der Waals surface area contributed by atoms with Crippen molar-refractivity contribution >= 4 is 28.9 Å². The van der Waals surface area contributed by atoms with E-state index in [1.54, 1.807) is 0 Å². The molecule has 2 N–H and O–H groups in total. The number of hydrogen-bond acceptors (Lipinski definition) is 6. The Kier molecular flexibility index (Phi) is 10.5. The number of ether oxygens (including phenoxy) is 3. The molecule has 1 atom stereocenters. The van der Waals surface area contributed by atoms with E-state index in [0.717, 1.165) is 28.5 Å². The van der Waals surface area contributed by atoms with Gasteiger partial charge >= 0.3 is 24.3 Å². The lowest BCUT2D eigenvalue weighted by atomic mass is 10.1. The van der Waals surface area contributed by atoms with Crippen molar-refractivity contribution < 1.29 is 41.8 Å². The number of carbonyl (C=O) groups is 3. The Balaban J connectivity index is 1.35. The van der Waals surface area contributed by atoms with Crippen molar-refractivity contribution in [1.29, 1.82) is 0 Å². The summed E-state index contributed by atoms with van der Waals surface area (Å²) < 4.78 is 52.8. The number of halogens is 3. The van der Waals surface area contributed by atoms with Crippen LogP contribution in [0.3, 0.4) is 0 Å². The minimum absolute atomic E-state index is 0.0308. The molecule has 0 aromatic heterocycles. The summed E-state index contributed by atoms with van der Waals surface area (Å²) in [5.74, 6) is -0.624. The highest BCUT2D eigenvalue weighted by Gasteiger charge is 2.30. The number of amides is 2. The van der Waals surface area contributed by atoms with Crippen LogP contribution in [0.5, 0.6) is 0 Å². The van der Waals surface area contributed by atoms with Gasteiger partial charge in [0, 0.05) is 6.54 Å². The zero-order valence-corrected chi connectivity index (χ0v) is 21.3. The van der Waals surface area contributed by atoms with Crippen LogP contribution in [0.1, 0.15) is 36.0 Å². The molecule has 2 amide bonds. The molecule has 208 valence electrons. The molecule has 39 heavy (non-hydrogen) atoms. The molecule has 11 heteroatoms. The Labute approximate surface area is 223 Å². The average molecular weight is 547 g/mol. The van der Waals surface area contributed by atoms with E-state index in [-0.39, 0.29) is 26.2 Å². The summed E-state index contributed by atoms with van der Waals surface area (Å²) >= 11 is 0. The van der Waals surface area contributed by atoms with Crippen LogP contribution >= 0.6 is 0 Å². The predicted molar refractivity (Wildman–Crippen MR) is 137 cm³/mol. The van der Waals surface area contributed by atoms with Gasteiger partial charge < -0.3 is 24.8 Å². The summed E-state index contributed by atoms with van der Waals surface area (Å²) in [5, 5.41) is 7.12. The van der Waals surface area contributed by atoms with Crippen molar-refractivity contribution in [2.75, 3.05) is 13.7 Å². The van der Waals surface area contributed by atoms with E-state index >= 15 is 0 Å². The van der Waals surface area contributed by atoms with Crippen LogP contribution in [0.25, 0.3) is 10.8 Å². The first-order chi connectivity index (χ1) is 18.7. The SMILES string of the molecule is COC(=O)[C@H](CCCCNC(=O)OCc1ccc(C(F)(F)F)cc1)NC(=O)OCc1ccc2ccccc2c1. The van der Waals surface area contributed by atoms with Crippen molar-refractivity contribution in [3.05, 3.63) is 83.4 Å². The third-order valence-electron chi connectivity index (χ3n) is 5.80. The Hall–Kier alpha value is -4.28. The van der Waals surface area contributed by atoms with Gasteiger partial charge in [-0.05, 0) is 59.4 Å². The van der Waals surface area contributed by atoms with E-state index in [1.807, 2.05) is 42.5 Å². The van der Waals surface area contributed by atoms with E-state index in [4.69, 9.17) is 14.2 Å². The Morgan fingerprint density at radius 1 is 0.821 bits per heavy atom.